The molecule has 17 heavy (non-hydrogen) atoms. The SMILES string of the molecule is NC(C(=O)O)(c1cccc(Cl)c1Cl)C(F)(F)F. The lowest BCUT2D eigenvalue weighted by Gasteiger charge is -2.28. The third-order valence-corrected chi connectivity index (χ3v) is 2.98. The zero-order valence-corrected chi connectivity index (χ0v) is 9.57. The Bertz CT molecular complexity index is 464. The molecule has 1 rings (SSSR count). The highest BCUT2D eigenvalue weighted by molar-refractivity contribution is 6.42. The van der Waals surface area contributed by atoms with Crippen LogP contribution in [-0.4, -0.2) is 17.3 Å². The molecule has 0 saturated carbocycles. The number of carboxylic acid groups (broad SMARTS) is 1. The van der Waals surface area contributed by atoms with Crippen LogP contribution < -0.4 is 5.73 Å². The molecular weight excluding hydrogens is 282 g/mol. The number of rotatable bonds is 2. The van der Waals surface area contributed by atoms with Crippen molar-refractivity contribution in [3.63, 3.8) is 0 Å². The molecule has 0 aliphatic carbocycles. The maximum Gasteiger partial charge on any atom is 0.421 e. The Kier molecular flexibility index (Phi) is 3.61. The Labute approximate surface area is 104 Å². The lowest BCUT2D eigenvalue weighted by atomic mass is 9.90. The van der Waals surface area contributed by atoms with Crippen LogP contribution in [0, 0.1) is 0 Å². The lowest BCUT2D eigenvalue weighted by Crippen LogP contribution is -2.56. The first-order valence-corrected chi connectivity index (χ1v) is 4.91. The van der Waals surface area contributed by atoms with Crippen LogP contribution in [0.15, 0.2) is 18.2 Å². The topological polar surface area (TPSA) is 63.3 Å². The largest absolute Gasteiger partial charge is 0.479 e. The summed E-state index contributed by atoms with van der Waals surface area (Å²) in [6.45, 7) is 0. The fourth-order valence-corrected chi connectivity index (χ4v) is 1.65. The molecule has 0 aliphatic rings. The summed E-state index contributed by atoms with van der Waals surface area (Å²) in [5.41, 5.74) is 0.554. The van der Waals surface area contributed by atoms with Gasteiger partial charge in [-0.15, -0.1) is 0 Å². The van der Waals surface area contributed by atoms with E-state index in [-0.39, 0.29) is 5.02 Å². The molecule has 1 aromatic rings. The van der Waals surface area contributed by atoms with Crippen LogP contribution >= 0.6 is 23.2 Å². The van der Waals surface area contributed by atoms with E-state index in [0.717, 1.165) is 12.1 Å². The summed E-state index contributed by atoms with van der Waals surface area (Å²) in [6, 6.07) is 3.24. The second kappa shape index (κ2) is 4.36. The smallest absolute Gasteiger partial charge is 0.421 e. The number of carbonyl (C=O) groups is 1. The maximum absolute atomic E-state index is 12.7. The molecular formula is C9H6Cl2F3NO2. The number of benzene rings is 1. The first-order chi connectivity index (χ1) is 7.62. The van der Waals surface area contributed by atoms with Gasteiger partial charge >= 0.3 is 12.1 Å². The van der Waals surface area contributed by atoms with Crippen molar-refractivity contribution < 1.29 is 23.1 Å². The van der Waals surface area contributed by atoms with E-state index in [9.17, 15) is 18.0 Å². The monoisotopic (exact) mass is 287 g/mol. The zero-order chi connectivity index (χ0) is 13.4. The lowest BCUT2D eigenvalue weighted by molar-refractivity contribution is -0.204. The van der Waals surface area contributed by atoms with E-state index in [2.05, 4.69) is 0 Å². The molecule has 8 heteroatoms. The van der Waals surface area contributed by atoms with Crippen LogP contribution in [0.25, 0.3) is 0 Å². The second-order valence-electron chi connectivity index (χ2n) is 3.21. The average molecular weight is 288 g/mol. The minimum absolute atomic E-state index is 0.204. The van der Waals surface area contributed by atoms with Crippen LogP contribution in [0.5, 0.6) is 0 Å². The molecule has 94 valence electrons. The van der Waals surface area contributed by atoms with Gasteiger partial charge < -0.3 is 10.8 Å². The third kappa shape index (κ3) is 2.20. The molecule has 0 aliphatic heterocycles. The number of aliphatic carboxylic acids is 1. The Balaban J connectivity index is 3.55. The number of halogens is 5. The summed E-state index contributed by atoms with van der Waals surface area (Å²) in [4.78, 5) is 10.8. The molecule has 0 aromatic heterocycles. The first kappa shape index (κ1) is 14.1. The fraction of sp³-hybridized carbons (Fsp3) is 0.222. The quantitative estimate of drug-likeness (QED) is 0.879. The van der Waals surface area contributed by atoms with Gasteiger partial charge in [0, 0.05) is 5.56 Å². The van der Waals surface area contributed by atoms with Crippen LogP contribution in [0.4, 0.5) is 13.2 Å². The first-order valence-electron chi connectivity index (χ1n) is 4.16. The highest BCUT2D eigenvalue weighted by Gasteiger charge is 2.60. The van der Waals surface area contributed by atoms with Crippen molar-refractivity contribution in [2.75, 3.05) is 0 Å². The van der Waals surface area contributed by atoms with Gasteiger partial charge in [-0.3, -0.25) is 0 Å². The van der Waals surface area contributed by atoms with E-state index < -0.39 is 28.3 Å². The van der Waals surface area contributed by atoms with Gasteiger partial charge in [0.05, 0.1) is 10.0 Å². The minimum Gasteiger partial charge on any atom is -0.479 e. The maximum atomic E-state index is 12.7. The molecule has 3 nitrogen and oxygen atoms in total. The number of hydrogen-bond donors (Lipinski definition) is 2. The number of nitrogens with two attached hydrogens (primary N) is 1. The number of hydrogen-bond acceptors (Lipinski definition) is 2. The number of alkyl halides is 3. The third-order valence-electron chi connectivity index (χ3n) is 2.16. The summed E-state index contributed by atoms with van der Waals surface area (Å²) in [5, 5.41) is 7.95. The van der Waals surface area contributed by atoms with Crippen molar-refractivity contribution in [2.24, 2.45) is 5.73 Å². The van der Waals surface area contributed by atoms with E-state index in [4.69, 9.17) is 34.0 Å². The molecule has 0 amide bonds. The highest BCUT2D eigenvalue weighted by atomic mass is 35.5. The molecule has 0 heterocycles. The van der Waals surface area contributed by atoms with E-state index in [1.165, 1.54) is 6.07 Å². The van der Waals surface area contributed by atoms with Crippen LogP contribution in [0.2, 0.25) is 10.0 Å². The fourth-order valence-electron chi connectivity index (χ4n) is 1.20. The normalized spacial score (nSPS) is 15.4. The van der Waals surface area contributed by atoms with Gasteiger partial charge in [-0.25, -0.2) is 4.79 Å². The molecule has 1 atom stereocenters. The van der Waals surface area contributed by atoms with Gasteiger partial charge in [0.2, 0.25) is 5.54 Å². The van der Waals surface area contributed by atoms with Gasteiger partial charge in [0.15, 0.2) is 0 Å². The van der Waals surface area contributed by atoms with Crippen molar-refractivity contribution in [3.05, 3.63) is 33.8 Å². The van der Waals surface area contributed by atoms with Crippen molar-refractivity contribution >= 4 is 29.2 Å². The second-order valence-corrected chi connectivity index (χ2v) is 4.00. The molecule has 0 radical (unpaired) electrons. The van der Waals surface area contributed by atoms with E-state index in [0.29, 0.717) is 0 Å². The molecule has 0 bridgehead atoms. The van der Waals surface area contributed by atoms with E-state index >= 15 is 0 Å². The Morgan fingerprint density at radius 2 is 1.82 bits per heavy atom. The Morgan fingerprint density at radius 3 is 2.24 bits per heavy atom. The predicted octanol–water partition coefficient (Wildman–Crippen LogP) is 2.79. The Morgan fingerprint density at radius 1 is 1.29 bits per heavy atom. The van der Waals surface area contributed by atoms with Crippen LogP contribution in [0.1, 0.15) is 5.56 Å². The summed E-state index contributed by atoms with van der Waals surface area (Å²) in [6.07, 6.45) is -5.20. The van der Waals surface area contributed by atoms with Crippen molar-refractivity contribution in [1.82, 2.24) is 0 Å². The van der Waals surface area contributed by atoms with Gasteiger partial charge in [0.1, 0.15) is 0 Å². The van der Waals surface area contributed by atoms with Gasteiger partial charge in [0.25, 0.3) is 0 Å². The summed E-state index contributed by atoms with van der Waals surface area (Å²) < 4.78 is 38.2. The molecule has 0 saturated heterocycles. The summed E-state index contributed by atoms with van der Waals surface area (Å²) >= 11 is 11.1. The summed E-state index contributed by atoms with van der Waals surface area (Å²) in [5.74, 6) is -2.26. The molecule has 3 N–H and O–H groups in total. The van der Waals surface area contributed by atoms with Gasteiger partial charge in [-0.1, -0.05) is 35.3 Å². The van der Waals surface area contributed by atoms with Crippen LogP contribution in [0.3, 0.4) is 0 Å². The predicted molar refractivity (Wildman–Crippen MR) is 56.0 cm³/mol. The van der Waals surface area contributed by atoms with E-state index in [1.54, 1.807) is 0 Å². The zero-order valence-electron chi connectivity index (χ0n) is 8.05. The summed E-state index contributed by atoms with van der Waals surface area (Å²) in [7, 11) is 0. The Hall–Kier alpha value is -0.980. The molecule has 0 spiro atoms. The standard InChI is InChI=1S/C9H6Cl2F3NO2/c10-5-3-1-2-4(6(5)11)8(15,7(16)17)9(12,13)14/h1-3H,15H2,(H,16,17). The van der Waals surface area contributed by atoms with Crippen molar-refractivity contribution in [1.29, 1.82) is 0 Å². The molecule has 0 fully saturated rings. The number of carboxylic acids is 1. The van der Waals surface area contributed by atoms with Gasteiger partial charge in [-0.05, 0) is 6.07 Å². The minimum atomic E-state index is -5.20. The molecule has 1 unspecified atom stereocenters. The van der Waals surface area contributed by atoms with Gasteiger partial charge in [-0.2, -0.15) is 13.2 Å². The highest BCUT2D eigenvalue weighted by Crippen LogP contribution is 2.41. The van der Waals surface area contributed by atoms with Crippen molar-refractivity contribution in [3.8, 4) is 0 Å². The van der Waals surface area contributed by atoms with E-state index in [1.807, 2.05) is 0 Å². The van der Waals surface area contributed by atoms with Crippen LogP contribution in [-0.2, 0) is 10.3 Å². The van der Waals surface area contributed by atoms with Crippen molar-refractivity contribution in [2.45, 2.75) is 11.7 Å². The molecule has 1 aromatic carbocycles. The average Bonchev–Trinajstić information content (AvgIpc) is 2.19.